The van der Waals surface area contributed by atoms with Gasteiger partial charge in [-0.25, -0.2) is 0 Å². The predicted molar refractivity (Wildman–Crippen MR) is 73.0 cm³/mol. The highest BCUT2D eigenvalue weighted by molar-refractivity contribution is 5.49. The van der Waals surface area contributed by atoms with E-state index in [4.69, 9.17) is 0 Å². The Morgan fingerprint density at radius 2 is 2.20 bits per heavy atom. The summed E-state index contributed by atoms with van der Waals surface area (Å²) in [6.07, 6.45) is 3.75. The van der Waals surface area contributed by atoms with Crippen molar-refractivity contribution in [2.45, 2.75) is 33.0 Å². The van der Waals surface area contributed by atoms with Gasteiger partial charge in [0.05, 0.1) is 12.2 Å². The Morgan fingerprint density at radius 1 is 1.40 bits per heavy atom. The summed E-state index contributed by atoms with van der Waals surface area (Å²) in [5, 5.41) is 7.44. The average molecular weight is 281 g/mol. The Hall–Kier alpha value is -2.11. The summed E-state index contributed by atoms with van der Waals surface area (Å²) in [5.41, 5.74) is 1.76. The fourth-order valence-electron chi connectivity index (χ4n) is 1.87. The van der Waals surface area contributed by atoms with Crippen LogP contribution in [0.25, 0.3) is 0 Å². The molecule has 1 aromatic heterocycles. The zero-order chi connectivity index (χ0) is 14.5. The molecule has 1 N–H and O–H groups in total. The highest BCUT2D eigenvalue weighted by Crippen LogP contribution is 2.23. The number of rotatable bonds is 6. The maximum absolute atomic E-state index is 12.2. The van der Waals surface area contributed by atoms with Crippen molar-refractivity contribution in [3.05, 3.63) is 42.2 Å². The smallest absolute Gasteiger partial charge is 0.387 e. The van der Waals surface area contributed by atoms with Gasteiger partial charge in [-0.2, -0.15) is 13.9 Å². The minimum Gasteiger partial charge on any atom is -0.435 e. The van der Waals surface area contributed by atoms with E-state index in [-0.39, 0.29) is 11.8 Å². The third kappa shape index (κ3) is 3.69. The van der Waals surface area contributed by atoms with Gasteiger partial charge in [0.2, 0.25) is 0 Å². The van der Waals surface area contributed by atoms with E-state index in [1.165, 1.54) is 6.07 Å². The second-order valence-electron chi connectivity index (χ2n) is 4.40. The van der Waals surface area contributed by atoms with Gasteiger partial charge < -0.3 is 10.1 Å². The molecule has 2 aromatic rings. The van der Waals surface area contributed by atoms with Gasteiger partial charge in [0.25, 0.3) is 0 Å². The number of benzene rings is 1. The molecule has 1 aromatic carbocycles. The maximum Gasteiger partial charge on any atom is 0.387 e. The average Bonchev–Trinajstić information content (AvgIpc) is 2.87. The maximum atomic E-state index is 12.2. The number of nitrogens with one attached hydrogen (secondary N) is 1. The molecule has 0 fully saturated rings. The van der Waals surface area contributed by atoms with Crippen molar-refractivity contribution in [1.29, 1.82) is 0 Å². The van der Waals surface area contributed by atoms with E-state index in [1.54, 1.807) is 24.4 Å². The zero-order valence-corrected chi connectivity index (χ0v) is 11.4. The Morgan fingerprint density at radius 3 is 2.85 bits per heavy atom. The molecule has 1 unspecified atom stereocenters. The van der Waals surface area contributed by atoms with Gasteiger partial charge in [0, 0.05) is 30.1 Å². The van der Waals surface area contributed by atoms with Crippen molar-refractivity contribution in [1.82, 2.24) is 9.78 Å². The molecule has 0 aliphatic carbocycles. The van der Waals surface area contributed by atoms with Gasteiger partial charge in [-0.3, -0.25) is 4.68 Å². The van der Waals surface area contributed by atoms with Gasteiger partial charge in [0.1, 0.15) is 5.75 Å². The van der Waals surface area contributed by atoms with E-state index in [1.807, 2.05) is 24.7 Å². The lowest BCUT2D eigenvalue weighted by atomic mass is 10.2. The molecule has 6 heteroatoms. The number of anilines is 1. The fraction of sp³-hybridized carbons (Fsp3) is 0.357. The summed E-state index contributed by atoms with van der Waals surface area (Å²) in [4.78, 5) is 0. The second-order valence-corrected chi connectivity index (χ2v) is 4.40. The molecular formula is C14H17F2N3O. The van der Waals surface area contributed by atoms with E-state index in [0.717, 1.165) is 17.8 Å². The van der Waals surface area contributed by atoms with E-state index >= 15 is 0 Å². The lowest BCUT2D eigenvalue weighted by Crippen LogP contribution is -2.07. The first-order valence-electron chi connectivity index (χ1n) is 6.42. The van der Waals surface area contributed by atoms with Crippen molar-refractivity contribution in [2.75, 3.05) is 5.32 Å². The monoisotopic (exact) mass is 281 g/mol. The summed E-state index contributed by atoms with van der Waals surface area (Å²) in [6.45, 7) is 1.99. The molecular weight excluding hydrogens is 264 g/mol. The third-order valence-electron chi connectivity index (χ3n) is 2.92. The van der Waals surface area contributed by atoms with E-state index < -0.39 is 6.61 Å². The van der Waals surface area contributed by atoms with Crippen molar-refractivity contribution >= 4 is 5.69 Å². The van der Waals surface area contributed by atoms with Gasteiger partial charge in [-0.05, 0) is 26.0 Å². The van der Waals surface area contributed by atoms with Gasteiger partial charge >= 0.3 is 6.61 Å². The van der Waals surface area contributed by atoms with Crippen LogP contribution in [0.5, 0.6) is 5.75 Å². The summed E-state index contributed by atoms with van der Waals surface area (Å²) in [6, 6.07) is 6.54. The third-order valence-corrected chi connectivity index (χ3v) is 2.92. The zero-order valence-electron chi connectivity index (χ0n) is 11.4. The topological polar surface area (TPSA) is 39.1 Å². The number of aryl methyl sites for hydroxylation is 1. The highest BCUT2D eigenvalue weighted by atomic mass is 19.3. The van der Waals surface area contributed by atoms with Crippen LogP contribution >= 0.6 is 0 Å². The quantitative estimate of drug-likeness (QED) is 0.878. The molecule has 0 saturated carbocycles. The van der Waals surface area contributed by atoms with Crippen LogP contribution in [0.4, 0.5) is 14.5 Å². The minimum absolute atomic E-state index is 0.0251. The largest absolute Gasteiger partial charge is 0.435 e. The lowest BCUT2D eigenvalue weighted by molar-refractivity contribution is -0.0498. The summed E-state index contributed by atoms with van der Waals surface area (Å²) in [7, 11) is 0. The number of aromatic nitrogens is 2. The first-order chi connectivity index (χ1) is 9.58. The SMILES string of the molecule is CCn1cc(C(C)Nc2cccc(OC(F)F)c2)cn1. The van der Waals surface area contributed by atoms with Crippen LogP contribution < -0.4 is 10.1 Å². The highest BCUT2D eigenvalue weighted by Gasteiger charge is 2.09. The summed E-state index contributed by atoms with van der Waals surface area (Å²) < 4.78 is 30.5. The molecule has 4 nitrogen and oxygen atoms in total. The predicted octanol–water partition coefficient (Wildman–Crippen LogP) is 3.68. The number of alkyl halides is 2. The van der Waals surface area contributed by atoms with Crippen LogP contribution in [-0.2, 0) is 6.54 Å². The fourth-order valence-corrected chi connectivity index (χ4v) is 1.87. The molecule has 1 heterocycles. The van der Waals surface area contributed by atoms with E-state index in [0.29, 0.717) is 0 Å². The van der Waals surface area contributed by atoms with Crippen molar-refractivity contribution in [3.63, 3.8) is 0 Å². The standard InChI is InChI=1S/C14H17F2N3O/c1-3-19-9-11(8-17-19)10(2)18-12-5-4-6-13(7-12)20-14(15)16/h4-10,14,18H,3H2,1-2H3. The molecule has 0 spiro atoms. The summed E-state index contributed by atoms with van der Waals surface area (Å²) in [5.74, 6) is 0.140. The Kier molecular flexibility index (Phi) is 4.55. The number of hydrogen-bond donors (Lipinski definition) is 1. The molecule has 0 bridgehead atoms. The number of halogens is 2. The van der Waals surface area contributed by atoms with Crippen LogP contribution in [0.3, 0.4) is 0 Å². The molecule has 1 atom stereocenters. The summed E-state index contributed by atoms with van der Waals surface area (Å²) >= 11 is 0. The number of nitrogens with zero attached hydrogens (tertiary/aromatic N) is 2. The van der Waals surface area contributed by atoms with Gasteiger partial charge in [-0.1, -0.05) is 6.07 Å². The molecule has 2 rings (SSSR count). The molecule has 0 aliphatic rings. The van der Waals surface area contributed by atoms with Crippen molar-refractivity contribution in [3.8, 4) is 5.75 Å². The van der Waals surface area contributed by atoms with Crippen LogP contribution in [0, 0.1) is 0 Å². The Bertz CT molecular complexity index is 557. The van der Waals surface area contributed by atoms with Gasteiger partial charge in [0.15, 0.2) is 0 Å². The van der Waals surface area contributed by atoms with Crippen LogP contribution in [0.1, 0.15) is 25.5 Å². The molecule has 0 amide bonds. The van der Waals surface area contributed by atoms with E-state index in [9.17, 15) is 8.78 Å². The first kappa shape index (κ1) is 14.3. The van der Waals surface area contributed by atoms with Crippen molar-refractivity contribution in [2.24, 2.45) is 0 Å². The lowest BCUT2D eigenvalue weighted by Gasteiger charge is -2.14. The molecule has 0 radical (unpaired) electrons. The van der Waals surface area contributed by atoms with Crippen LogP contribution in [0.15, 0.2) is 36.7 Å². The Labute approximate surface area is 116 Å². The van der Waals surface area contributed by atoms with Crippen LogP contribution in [0.2, 0.25) is 0 Å². The number of hydrogen-bond acceptors (Lipinski definition) is 3. The molecule has 0 saturated heterocycles. The van der Waals surface area contributed by atoms with Gasteiger partial charge in [-0.15, -0.1) is 0 Å². The van der Waals surface area contributed by atoms with Crippen LogP contribution in [-0.4, -0.2) is 16.4 Å². The second kappa shape index (κ2) is 6.36. The van der Waals surface area contributed by atoms with E-state index in [2.05, 4.69) is 15.2 Å². The molecule has 108 valence electrons. The minimum atomic E-state index is -2.81. The normalized spacial score (nSPS) is 12.4. The number of ether oxygens (including phenoxy) is 1. The molecule has 0 aliphatic heterocycles. The molecule has 20 heavy (non-hydrogen) atoms. The first-order valence-corrected chi connectivity index (χ1v) is 6.42. The Balaban J connectivity index is 2.05. The van der Waals surface area contributed by atoms with Crippen molar-refractivity contribution < 1.29 is 13.5 Å².